The molecule has 4 nitrogen and oxygen atoms in total. The van der Waals surface area contributed by atoms with E-state index >= 15 is 0 Å². The van der Waals surface area contributed by atoms with Gasteiger partial charge in [-0.3, -0.25) is 9.69 Å². The van der Waals surface area contributed by atoms with E-state index in [9.17, 15) is 23.1 Å². The number of nitrogens with zero attached hydrogens (tertiary/aromatic N) is 1. The number of carbonyl (C=O) groups is 1. The third-order valence-corrected chi connectivity index (χ3v) is 3.31. The zero-order valence-corrected chi connectivity index (χ0v) is 10.7. The number of aliphatic carboxylic acids is 1. The Morgan fingerprint density at radius 2 is 1.85 bits per heavy atom. The predicted molar refractivity (Wildman–Crippen MR) is 65.8 cm³/mol. The first-order valence-corrected chi connectivity index (χ1v) is 6.32. The number of benzene rings is 1. The third kappa shape index (κ3) is 3.10. The van der Waals surface area contributed by atoms with Crippen LogP contribution in [0.25, 0.3) is 0 Å². The Morgan fingerprint density at radius 3 is 2.55 bits per heavy atom. The fraction of sp³-hybridized carbons (Fsp3) is 0.462. The van der Waals surface area contributed by atoms with Crippen LogP contribution in [0.15, 0.2) is 12.1 Å². The lowest BCUT2D eigenvalue weighted by molar-refractivity contribution is -0.143. The number of nitrogens with one attached hydrogen (secondary N) is 1. The summed E-state index contributed by atoms with van der Waals surface area (Å²) >= 11 is 0. The lowest BCUT2D eigenvalue weighted by atomic mass is 10.0. The van der Waals surface area contributed by atoms with Gasteiger partial charge in [-0.25, -0.2) is 13.2 Å². The molecule has 20 heavy (non-hydrogen) atoms. The van der Waals surface area contributed by atoms with E-state index in [1.807, 2.05) is 0 Å². The van der Waals surface area contributed by atoms with E-state index in [1.165, 1.54) is 0 Å². The molecule has 110 valence electrons. The molecule has 1 aliphatic heterocycles. The molecule has 7 heteroatoms. The fourth-order valence-corrected chi connectivity index (χ4v) is 2.36. The van der Waals surface area contributed by atoms with Crippen molar-refractivity contribution in [1.29, 1.82) is 0 Å². The van der Waals surface area contributed by atoms with Gasteiger partial charge in [-0.15, -0.1) is 0 Å². The maximum atomic E-state index is 13.8. The van der Waals surface area contributed by atoms with Crippen molar-refractivity contribution in [3.8, 4) is 0 Å². The molecule has 0 spiro atoms. The Kier molecular flexibility index (Phi) is 4.61. The van der Waals surface area contributed by atoms with Crippen LogP contribution in [-0.4, -0.2) is 42.2 Å². The molecule has 0 aromatic heterocycles. The lowest BCUT2D eigenvalue weighted by Crippen LogP contribution is -2.37. The molecule has 0 saturated carbocycles. The van der Waals surface area contributed by atoms with Crippen LogP contribution in [0.1, 0.15) is 18.0 Å². The summed E-state index contributed by atoms with van der Waals surface area (Å²) in [6.07, 6.45) is 0.703. The van der Waals surface area contributed by atoms with Gasteiger partial charge in [-0.1, -0.05) is 0 Å². The maximum absolute atomic E-state index is 13.8. The summed E-state index contributed by atoms with van der Waals surface area (Å²) in [7, 11) is 0. The van der Waals surface area contributed by atoms with Gasteiger partial charge in [-0.2, -0.15) is 0 Å². The topological polar surface area (TPSA) is 52.6 Å². The van der Waals surface area contributed by atoms with Crippen LogP contribution < -0.4 is 5.32 Å². The Labute approximate surface area is 114 Å². The lowest BCUT2D eigenvalue weighted by Gasteiger charge is -2.27. The van der Waals surface area contributed by atoms with Gasteiger partial charge in [-0.05, 0) is 19.0 Å². The second-order valence-electron chi connectivity index (χ2n) is 4.67. The summed E-state index contributed by atoms with van der Waals surface area (Å²) in [5, 5.41) is 12.4. The molecule has 0 amide bonds. The fourth-order valence-electron chi connectivity index (χ4n) is 2.36. The van der Waals surface area contributed by atoms with Crippen molar-refractivity contribution >= 4 is 5.97 Å². The summed E-state index contributed by atoms with van der Waals surface area (Å²) in [6, 6.07) is -0.302. The summed E-state index contributed by atoms with van der Waals surface area (Å²) in [5.41, 5.74) is -0.349. The van der Waals surface area contributed by atoms with E-state index in [-0.39, 0.29) is 5.56 Å². The van der Waals surface area contributed by atoms with E-state index in [4.69, 9.17) is 0 Å². The summed E-state index contributed by atoms with van der Waals surface area (Å²) in [5.74, 6) is -4.90. The number of rotatable bonds is 3. The van der Waals surface area contributed by atoms with E-state index in [0.717, 1.165) is 6.54 Å². The molecular weight excluding hydrogens is 273 g/mol. The first-order valence-electron chi connectivity index (χ1n) is 6.32. The average molecular weight is 288 g/mol. The number of hydrogen-bond donors (Lipinski definition) is 2. The second kappa shape index (κ2) is 6.23. The molecule has 1 atom stereocenters. The van der Waals surface area contributed by atoms with Crippen LogP contribution in [0.3, 0.4) is 0 Å². The molecule has 1 aliphatic rings. The van der Waals surface area contributed by atoms with Crippen molar-refractivity contribution in [3.63, 3.8) is 0 Å². The largest absolute Gasteiger partial charge is 0.480 e. The molecule has 1 unspecified atom stereocenters. The highest BCUT2D eigenvalue weighted by atomic mass is 19.2. The van der Waals surface area contributed by atoms with Gasteiger partial charge in [0.05, 0.1) is 0 Å². The summed E-state index contributed by atoms with van der Waals surface area (Å²) in [6.45, 7) is 2.15. The van der Waals surface area contributed by atoms with Gasteiger partial charge >= 0.3 is 5.97 Å². The Hall–Kier alpha value is -1.60. The number of halogens is 3. The summed E-state index contributed by atoms with van der Waals surface area (Å²) < 4.78 is 40.0. The normalized spacial score (nSPS) is 18.6. The van der Waals surface area contributed by atoms with Gasteiger partial charge < -0.3 is 10.4 Å². The SMILES string of the molecule is O=C(O)C(c1cc(F)c(F)cc1F)N1CCCNCC1. The molecule has 0 radical (unpaired) electrons. The first kappa shape index (κ1) is 14.8. The zero-order chi connectivity index (χ0) is 14.7. The second-order valence-corrected chi connectivity index (χ2v) is 4.67. The highest BCUT2D eigenvalue weighted by Crippen LogP contribution is 2.26. The zero-order valence-electron chi connectivity index (χ0n) is 10.7. The van der Waals surface area contributed by atoms with E-state index in [0.29, 0.717) is 38.2 Å². The monoisotopic (exact) mass is 288 g/mol. The van der Waals surface area contributed by atoms with Crippen LogP contribution in [0.5, 0.6) is 0 Å². The quantitative estimate of drug-likeness (QED) is 0.828. The van der Waals surface area contributed by atoms with Crippen molar-refractivity contribution < 1.29 is 23.1 Å². The molecule has 1 fully saturated rings. The van der Waals surface area contributed by atoms with Crippen LogP contribution in [0, 0.1) is 17.5 Å². The van der Waals surface area contributed by atoms with Crippen LogP contribution in [0.4, 0.5) is 13.2 Å². The van der Waals surface area contributed by atoms with Crippen molar-refractivity contribution in [2.75, 3.05) is 26.2 Å². The minimum Gasteiger partial charge on any atom is -0.480 e. The third-order valence-electron chi connectivity index (χ3n) is 3.31. The van der Waals surface area contributed by atoms with Gasteiger partial charge in [0.15, 0.2) is 11.6 Å². The smallest absolute Gasteiger partial charge is 0.325 e. The van der Waals surface area contributed by atoms with Crippen LogP contribution in [-0.2, 0) is 4.79 Å². The predicted octanol–water partition coefficient (Wildman–Crippen LogP) is 1.52. The van der Waals surface area contributed by atoms with Crippen molar-refractivity contribution in [2.45, 2.75) is 12.5 Å². The van der Waals surface area contributed by atoms with E-state index < -0.39 is 29.5 Å². The molecule has 2 N–H and O–H groups in total. The number of carboxylic acids is 1. The number of carboxylic acid groups (broad SMARTS) is 1. The molecular formula is C13H15F3N2O2. The molecule has 2 rings (SSSR count). The molecule has 0 bridgehead atoms. The summed E-state index contributed by atoms with van der Waals surface area (Å²) in [4.78, 5) is 13.0. The maximum Gasteiger partial charge on any atom is 0.325 e. The van der Waals surface area contributed by atoms with E-state index in [2.05, 4.69) is 5.32 Å². The molecule has 1 aromatic carbocycles. The highest BCUT2D eigenvalue weighted by molar-refractivity contribution is 5.75. The Bertz CT molecular complexity index is 503. The Morgan fingerprint density at radius 1 is 1.15 bits per heavy atom. The van der Waals surface area contributed by atoms with Gasteiger partial charge in [0.1, 0.15) is 11.9 Å². The Balaban J connectivity index is 2.37. The van der Waals surface area contributed by atoms with Gasteiger partial charge in [0.25, 0.3) is 0 Å². The first-order chi connectivity index (χ1) is 9.50. The molecule has 1 aromatic rings. The molecule has 0 aliphatic carbocycles. The van der Waals surface area contributed by atoms with Gasteiger partial charge in [0.2, 0.25) is 0 Å². The van der Waals surface area contributed by atoms with E-state index in [1.54, 1.807) is 4.90 Å². The van der Waals surface area contributed by atoms with Crippen molar-refractivity contribution in [1.82, 2.24) is 10.2 Å². The molecule has 1 saturated heterocycles. The van der Waals surface area contributed by atoms with Crippen molar-refractivity contribution in [2.24, 2.45) is 0 Å². The number of hydrogen-bond acceptors (Lipinski definition) is 3. The van der Waals surface area contributed by atoms with Crippen molar-refractivity contribution in [3.05, 3.63) is 35.1 Å². The van der Waals surface area contributed by atoms with Gasteiger partial charge in [0, 0.05) is 31.3 Å². The van der Waals surface area contributed by atoms with Crippen LogP contribution in [0.2, 0.25) is 0 Å². The highest BCUT2D eigenvalue weighted by Gasteiger charge is 2.31. The minimum atomic E-state index is -1.33. The molecule has 1 heterocycles. The average Bonchev–Trinajstić information content (AvgIpc) is 2.64. The standard InChI is InChI=1S/C13H15F3N2O2/c14-9-7-11(16)10(15)6-8(9)12(13(19)20)18-4-1-2-17-3-5-18/h6-7,12,17H,1-5H2,(H,19,20). The van der Waals surface area contributed by atoms with Crippen LogP contribution >= 0.6 is 0 Å². The minimum absolute atomic E-state index is 0.349.